The number of carbonyl (C=O) groups is 1. The van der Waals surface area contributed by atoms with E-state index in [2.05, 4.69) is 20.9 Å². The molecule has 4 heteroatoms. The summed E-state index contributed by atoms with van der Waals surface area (Å²) >= 11 is 3.38. The van der Waals surface area contributed by atoms with Crippen molar-refractivity contribution in [3.05, 3.63) is 52.8 Å². The van der Waals surface area contributed by atoms with Gasteiger partial charge >= 0.3 is 5.97 Å². The molecule has 0 N–H and O–H groups in total. The number of rotatable bonds is 2. The van der Waals surface area contributed by atoms with Crippen LogP contribution in [0.3, 0.4) is 0 Å². The molecule has 3 nitrogen and oxygen atoms in total. The summed E-state index contributed by atoms with van der Waals surface area (Å²) in [6, 6.07) is 9.53. The van der Waals surface area contributed by atoms with Crippen LogP contribution in [0.5, 0.6) is 0 Å². The van der Waals surface area contributed by atoms with Crippen molar-refractivity contribution in [1.29, 1.82) is 0 Å². The molecule has 0 spiro atoms. The Morgan fingerprint density at radius 2 is 1.94 bits per heavy atom. The van der Waals surface area contributed by atoms with Gasteiger partial charge in [0.2, 0.25) is 0 Å². The first kappa shape index (κ1) is 11.8. The number of halogens is 1. The molecule has 0 saturated carbocycles. The van der Waals surface area contributed by atoms with Crippen LogP contribution in [0, 0.1) is 0 Å². The number of ether oxygens (including phenoxy) is 1. The van der Waals surface area contributed by atoms with Crippen molar-refractivity contribution in [2.24, 2.45) is 0 Å². The van der Waals surface area contributed by atoms with Gasteiger partial charge in [-0.3, -0.25) is 4.98 Å². The fourth-order valence-corrected chi connectivity index (χ4v) is 1.81. The highest BCUT2D eigenvalue weighted by atomic mass is 79.9. The molecule has 0 aliphatic carbocycles. The van der Waals surface area contributed by atoms with Gasteiger partial charge in [-0.2, -0.15) is 0 Å². The lowest BCUT2D eigenvalue weighted by molar-refractivity contribution is 0.0601. The number of nitrogens with zero attached hydrogens (tertiary/aromatic N) is 1. The molecule has 0 unspecified atom stereocenters. The molecule has 0 radical (unpaired) electrons. The molecular formula is C13H10BrNO2. The summed E-state index contributed by atoms with van der Waals surface area (Å²) in [4.78, 5) is 15.6. The van der Waals surface area contributed by atoms with E-state index in [0.29, 0.717) is 5.56 Å². The van der Waals surface area contributed by atoms with Crippen LogP contribution in [0.2, 0.25) is 0 Å². The number of hydrogen-bond donors (Lipinski definition) is 0. The predicted octanol–water partition coefficient (Wildman–Crippen LogP) is 3.30. The number of methoxy groups -OCH3 is 1. The summed E-state index contributed by atoms with van der Waals surface area (Å²) in [5, 5.41) is 0. The minimum Gasteiger partial charge on any atom is -0.465 e. The first-order valence-electron chi connectivity index (χ1n) is 5.00. The topological polar surface area (TPSA) is 39.2 Å². The molecule has 2 aromatic rings. The minimum atomic E-state index is -0.379. The summed E-state index contributed by atoms with van der Waals surface area (Å²) in [5.74, 6) is -0.379. The van der Waals surface area contributed by atoms with E-state index >= 15 is 0 Å². The van der Waals surface area contributed by atoms with E-state index in [0.717, 1.165) is 15.6 Å². The summed E-state index contributed by atoms with van der Waals surface area (Å²) in [7, 11) is 1.36. The molecule has 0 atom stereocenters. The van der Waals surface area contributed by atoms with Gasteiger partial charge in [-0.1, -0.05) is 28.1 Å². The van der Waals surface area contributed by atoms with Crippen LogP contribution in [0.4, 0.5) is 0 Å². The maximum absolute atomic E-state index is 11.6. The molecular weight excluding hydrogens is 282 g/mol. The average Bonchev–Trinajstić information content (AvgIpc) is 2.39. The van der Waals surface area contributed by atoms with Gasteiger partial charge < -0.3 is 4.74 Å². The Morgan fingerprint density at radius 3 is 2.59 bits per heavy atom. The quantitative estimate of drug-likeness (QED) is 0.797. The van der Waals surface area contributed by atoms with Gasteiger partial charge in [0.05, 0.1) is 12.7 Å². The molecule has 0 saturated heterocycles. The van der Waals surface area contributed by atoms with Gasteiger partial charge in [-0.25, -0.2) is 4.79 Å². The molecule has 17 heavy (non-hydrogen) atoms. The van der Waals surface area contributed by atoms with Gasteiger partial charge in [-0.05, 0) is 29.3 Å². The van der Waals surface area contributed by atoms with E-state index in [9.17, 15) is 4.79 Å². The average molecular weight is 292 g/mol. The Morgan fingerprint density at radius 1 is 1.24 bits per heavy atom. The van der Waals surface area contributed by atoms with Crippen molar-refractivity contribution < 1.29 is 9.53 Å². The Balaban J connectivity index is 2.51. The lowest BCUT2D eigenvalue weighted by Crippen LogP contribution is -2.04. The zero-order valence-corrected chi connectivity index (χ0v) is 10.8. The van der Waals surface area contributed by atoms with E-state index in [4.69, 9.17) is 4.74 Å². The minimum absolute atomic E-state index is 0.379. The van der Waals surface area contributed by atoms with Gasteiger partial charge in [0.1, 0.15) is 0 Å². The largest absolute Gasteiger partial charge is 0.465 e. The highest BCUT2D eigenvalue weighted by Crippen LogP contribution is 2.25. The third kappa shape index (κ3) is 2.53. The smallest absolute Gasteiger partial charge is 0.340 e. The number of pyridine rings is 1. The summed E-state index contributed by atoms with van der Waals surface area (Å²) in [6.45, 7) is 0. The van der Waals surface area contributed by atoms with Crippen LogP contribution < -0.4 is 0 Å². The van der Waals surface area contributed by atoms with Crippen LogP contribution in [0.25, 0.3) is 11.1 Å². The number of benzene rings is 1. The molecule has 0 amide bonds. The monoisotopic (exact) mass is 291 g/mol. The molecule has 86 valence electrons. The summed E-state index contributed by atoms with van der Waals surface area (Å²) in [5.41, 5.74) is 2.24. The Hall–Kier alpha value is -1.68. The zero-order chi connectivity index (χ0) is 12.3. The fraction of sp³-hybridized carbons (Fsp3) is 0.0769. The Bertz CT molecular complexity index is 537. The first-order valence-corrected chi connectivity index (χ1v) is 5.80. The van der Waals surface area contributed by atoms with E-state index in [1.54, 1.807) is 12.3 Å². The molecule has 0 fully saturated rings. The second-order valence-corrected chi connectivity index (χ2v) is 4.34. The highest BCUT2D eigenvalue weighted by molar-refractivity contribution is 9.10. The van der Waals surface area contributed by atoms with Crippen molar-refractivity contribution in [3.63, 3.8) is 0 Å². The van der Waals surface area contributed by atoms with Crippen molar-refractivity contribution in [1.82, 2.24) is 4.98 Å². The third-order valence-electron chi connectivity index (χ3n) is 2.38. The number of hydrogen-bond acceptors (Lipinski definition) is 3. The lowest BCUT2D eigenvalue weighted by atomic mass is 10.0. The molecule has 2 rings (SSSR count). The molecule has 0 aliphatic heterocycles. The standard InChI is InChI=1S/C13H10BrNO2/c1-17-13(16)12-8-15-7-6-11(12)9-2-4-10(14)5-3-9/h2-8H,1H3. The first-order chi connectivity index (χ1) is 8.22. The molecule has 1 heterocycles. The van der Waals surface area contributed by atoms with Gasteiger partial charge in [0.25, 0.3) is 0 Å². The van der Waals surface area contributed by atoms with Crippen molar-refractivity contribution in [3.8, 4) is 11.1 Å². The van der Waals surface area contributed by atoms with Crippen LogP contribution >= 0.6 is 15.9 Å². The van der Waals surface area contributed by atoms with Gasteiger partial charge in [0.15, 0.2) is 0 Å². The van der Waals surface area contributed by atoms with Crippen LogP contribution in [0.15, 0.2) is 47.2 Å². The SMILES string of the molecule is COC(=O)c1cnccc1-c1ccc(Br)cc1. The second-order valence-electron chi connectivity index (χ2n) is 3.42. The van der Waals surface area contributed by atoms with Crippen LogP contribution in [-0.4, -0.2) is 18.1 Å². The third-order valence-corrected chi connectivity index (χ3v) is 2.91. The van der Waals surface area contributed by atoms with Gasteiger partial charge in [0, 0.05) is 16.9 Å². The van der Waals surface area contributed by atoms with E-state index in [1.807, 2.05) is 24.3 Å². The molecule has 0 bridgehead atoms. The van der Waals surface area contributed by atoms with Crippen LogP contribution in [0.1, 0.15) is 10.4 Å². The van der Waals surface area contributed by atoms with Gasteiger partial charge in [-0.15, -0.1) is 0 Å². The molecule has 0 aliphatic rings. The van der Waals surface area contributed by atoms with E-state index < -0.39 is 0 Å². The molecule has 1 aromatic heterocycles. The zero-order valence-electron chi connectivity index (χ0n) is 9.18. The number of esters is 1. The molecule has 1 aromatic carbocycles. The fourth-order valence-electron chi connectivity index (χ4n) is 1.55. The van der Waals surface area contributed by atoms with Crippen LogP contribution in [-0.2, 0) is 4.74 Å². The van der Waals surface area contributed by atoms with E-state index in [-0.39, 0.29) is 5.97 Å². The van der Waals surface area contributed by atoms with Crippen molar-refractivity contribution in [2.45, 2.75) is 0 Å². The highest BCUT2D eigenvalue weighted by Gasteiger charge is 2.12. The summed E-state index contributed by atoms with van der Waals surface area (Å²) in [6.07, 6.45) is 3.17. The Kier molecular flexibility index (Phi) is 3.54. The maximum atomic E-state index is 11.6. The van der Waals surface area contributed by atoms with Crippen molar-refractivity contribution in [2.75, 3.05) is 7.11 Å². The normalized spacial score (nSPS) is 10.0. The lowest BCUT2D eigenvalue weighted by Gasteiger charge is -2.07. The predicted molar refractivity (Wildman–Crippen MR) is 68.7 cm³/mol. The van der Waals surface area contributed by atoms with Crippen molar-refractivity contribution >= 4 is 21.9 Å². The second kappa shape index (κ2) is 5.10. The summed E-state index contributed by atoms with van der Waals surface area (Å²) < 4.78 is 5.73. The van der Waals surface area contributed by atoms with E-state index in [1.165, 1.54) is 13.3 Å². The maximum Gasteiger partial charge on any atom is 0.340 e. The Labute approximate surface area is 108 Å². The number of carbonyl (C=O) groups excluding carboxylic acids is 1. The number of aromatic nitrogens is 1.